The zero-order valence-electron chi connectivity index (χ0n) is 10.0. The minimum atomic E-state index is 0.286. The van der Waals surface area contributed by atoms with Gasteiger partial charge < -0.3 is 10.6 Å². The largest absolute Gasteiger partial charge is 0.488 e. The second-order valence-corrected chi connectivity index (χ2v) is 4.62. The molecular formula is C14H12Cl2N2O. The van der Waals surface area contributed by atoms with Crippen LogP contribution in [0, 0.1) is 0 Å². The number of hydrogen-bond acceptors (Lipinski definition) is 3. The number of hydrazone groups is 1. The van der Waals surface area contributed by atoms with Crippen LogP contribution in [0.25, 0.3) is 0 Å². The molecule has 2 aromatic rings. The summed E-state index contributed by atoms with van der Waals surface area (Å²) in [7, 11) is 0. The Balaban J connectivity index is 2.19. The molecule has 98 valence electrons. The highest BCUT2D eigenvalue weighted by atomic mass is 35.5. The first-order valence-electron chi connectivity index (χ1n) is 5.60. The van der Waals surface area contributed by atoms with Crippen LogP contribution in [0.5, 0.6) is 5.75 Å². The zero-order valence-corrected chi connectivity index (χ0v) is 11.5. The minimum Gasteiger partial charge on any atom is -0.488 e. The van der Waals surface area contributed by atoms with Crippen LogP contribution in [-0.2, 0) is 6.61 Å². The fourth-order valence-corrected chi connectivity index (χ4v) is 2.13. The Morgan fingerprint density at radius 1 is 1.05 bits per heavy atom. The maximum Gasteiger partial charge on any atom is 0.128 e. The average Bonchev–Trinajstić information content (AvgIpc) is 2.40. The van der Waals surface area contributed by atoms with Gasteiger partial charge in [0.25, 0.3) is 0 Å². The molecule has 0 atom stereocenters. The van der Waals surface area contributed by atoms with Gasteiger partial charge in [-0.2, -0.15) is 5.10 Å². The molecule has 0 bridgehead atoms. The molecule has 0 fully saturated rings. The first-order valence-corrected chi connectivity index (χ1v) is 6.36. The quantitative estimate of drug-likeness (QED) is 0.529. The molecule has 0 radical (unpaired) electrons. The van der Waals surface area contributed by atoms with Gasteiger partial charge in [0.05, 0.1) is 6.21 Å². The van der Waals surface area contributed by atoms with Crippen LogP contribution in [-0.4, -0.2) is 6.21 Å². The van der Waals surface area contributed by atoms with Crippen molar-refractivity contribution in [3.63, 3.8) is 0 Å². The molecule has 0 aromatic heterocycles. The molecule has 19 heavy (non-hydrogen) atoms. The summed E-state index contributed by atoms with van der Waals surface area (Å²) in [6, 6.07) is 12.8. The number of halogens is 2. The standard InChI is InChI=1S/C14H12Cl2N2O/c15-12-5-3-6-13(16)11(12)9-19-14-7-2-1-4-10(14)8-18-17/h1-8H,9,17H2. The number of benzene rings is 2. The lowest BCUT2D eigenvalue weighted by Crippen LogP contribution is -2.00. The summed E-state index contributed by atoms with van der Waals surface area (Å²) < 4.78 is 5.72. The van der Waals surface area contributed by atoms with E-state index in [1.165, 1.54) is 6.21 Å². The monoisotopic (exact) mass is 294 g/mol. The van der Waals surface area contributed by atoms with Crippen LogP contribution in [0.4, 0.5) is 0 Å². The molecule has 2 rings (SSSR count). The number of nitrogens with two attached hydrogens (primary N) is 1. The Bertz CT molecular complexity index is 579. The van der Waals surface area contributed by atoms with Crippen LogP contribution < -0.4 is 10.6 Å². The predicted octanol–water partition coefficient (Wildman–Crippen LogP) is 3.87. The van der Waals surface area contributed by atoms with Crippen LogP contribution in [0.15, 0.2) is 47.6 Å². The van der Waals surface area contributed by atoms with Crippen molar-refractivity contribution in [2.24, 2.45) is 10.9 Å². The number of para-hydroxylation sites is 1. The first kappa shape index (κ1) is 13.7. The van der Waals surface area contributed by atoms with Gasteiger partial charge in [-0.15, -0.1) is 0 Å². The lowest BCUT2D eigenvalue weighted by atomic mass is 10.2. The van der Waals surface area contributed by atoms with Gasteiger partial charge in [-0.25, -0.2) is 0 Å². The Morgan fingerprint density at radius 3 is 2.42 bits per heavy atom. The van der Waals surface area contributed by atoms with Gasteiger partial charge in [0.2, 0.25) is 0 Å². The number of ether oxygens (including phenoxy) is 1. The summed E-state index contributed by atoms with van der Waals surface area (Å²) in [6.07, 6.45) is 1.53. The molecule has 2 N–H and O–H groups in total. The molecule has 0 saturated heterocycles. The summed E-state index contributed by atoms with van der Waals surface area (Å²) in [6.45, 7) is 0.286. The van der Waals surface area contributed by atoms with E-state index in [4.69, 9.17) is 33.8 Å². The average molecular weight is 295 g/mol. The fraction of sp³-hybridized carbons (Fsp3) is 0.0714. The number of rotatable bonds is 4. The van der Waals surface area contributed by atoms with Gasteiger partial charge in [0, 0.05) is 21.2 Å². The molecule has 0 aliphatic rings. The first-order chi connectivity index (χ1) is 9.22. The van der Waals surface area contributed by atoms with E-state index in [0.717, 1.165) is 11.1 Å². The number of hydrogen-bond donors (Lipinski definition) is 1. The SMILES string of the molecule is NN=Cc1ccccc1OCc1c(Cl)cccc1Cl. The molecule has 5 heteroatoms. The molecule has 3 nitrogen and oxygen atoms in total. The molecule has 0 unspecified atom stereocenters. The van der Waals surface area contributed by atoms with Crippen LogP contribution in [0.3, 0.4) is 0 Å². The smallest absolute Gasteiger partial charge is 0.128 e. The summed E-state index contributed by atoms with van der Waals surface area (Å²) in [4.78, 5) is 0. The van der Waals surface area contributed by atoms with Crippen molar-refractivity contribution >= 4 is 29.4 Å². The highest BCUT2D eigenvalue weighted by Crippen LogP contribution is 2.26. The van der Waals surface area contributed by atoms with E-state index in [9.17, 15) is 0 Å². The summed E-state index contributed by atoms with van der Waals surface area (Å²) in [5, 5.41) is 4.66. The topological polar surface area (TPSA) is 47.6 Å². The van der Waals surface area contributed by atoms with Crippen molar-refractivity contribution in [2.45, 2.75) is 6.61 Å². The normalized spacial score (nSPS) is 10.8. The zero-order chi connectivity index (χ0) is 13.7. The van der Waals surface area contributed by atoms with Gasteiger partial charge >= 0.3 is 0 Å². The fourth-order valence-electron chi connectivity index (χ4n) is 1.62. The Kier molecular flexibility index (Phi) is 4.66. The van der Waals surface area contributed by atoms with Gasteiger partial charge in [0.15, 0.2) is 0 Å². The second kappa shape index (κ2) is 6.45. The Morgan fingerprint density at radius 2 is 1.74 bits per heavy atom. The van der Waals surface area contributed by atoms with Crippen molar-refractivity contribution in [1.82, 2.24) is 0 Å². The van der Waals surface area contributed by atoms with Gasteiger partial charge in [-0.3, -0.25) is 0 Å². The third-order valence-electron chi connectivity index (χ3n) is 2.57. The molecule has 0 amide bonds. The molecule has 0 saturated carbocycles. The van der Waals surface area contributed by atoms with Crippen molar-refractivity contribution in [3.05, 3.63) is 63.6 Å². The van der Waals surface area contributed by atoms with Crippen molar-refractivity contribution in [2.75, 3.05) is 0 Å². The highest BCUT2D eigenvalue weighted by molar-refractivity contribution is 6.35. The second-order valence-electron chi connectivity index (χ2n) is 3.80. The summed E-state index contributed by atoms with van der Waals surface area (Å²) >= 11 is 12.2. The van der Waals surface area contributed by atoms with Crippen LogP contribution >= 0.6 is 23.2 Å². The molecule has 0 aliphatic carbocycles. The third kappa shape index (κ3) is 3.40. The number of nitrogens with zero attached hydrogens (tertiary/aromatic N) is 1. The minimum absolute atomic E-state index is 0.286. The summed E-state index contributed by atoms with van der Waals surface area (Å²) in [5.74, 6) is 5.83. The van der Waals surface area contributed by atoms with Crippen molar-refractivity contribution < 1.29 is 4.74 Å². The van der Waals surface area contributed by atoms with Gasteiger partial charge in [0.1, 0.15) is 12.4 Å². The lowest BCUT2D eigenvalue weighted by Gasteiger charge is -2.11. The highest BCUT2D eigenvalue weighted by Gasteiger charge is 2.07. The van der Waals surface area contributed by atoms with E-state index in [-0.39, 0.29) is 6.61 Å². The van der Waals surface area contributed by atoms with E-state index in [1.807, 2.05) is 24.3 Å². The Hall–Kier alpha value is -1.71. The molecule has 0 aliphatic heterocycles. The molecule has 0 spiro atoms. The van der Waals surface area contributed by atoms with Crippen LogP contribution in [0.1, 0.15) is 11.1 Å². The van der Waals surface area contributed by atoms with E-state index in [2.05, 4.69) is 5.10 Å². The van der Waals surface area contributed by atoms with E-state index >= 15 is 0 Å². The Labute approximate surface area is 121 Å². The molecule has 0 heterocycles. The van der Waals surface area contributed by atoms with E-state index in [0.29, 0.717) is 15.8 Å². The molecular weight excluding hydrogens is 283 g/mol. The van der Waals surface area contributed by atoms with Crippen molar-refractivity contribution in [1.29, 1.82) is 0 Å². The van der Waals surface area contributed by atoms with E-state index < -0.39 is 0 Å². The van der Waals surface area contributed by atoms with Gasteiger partial charge in [-0.1, -0.05) is 41.4 Å². The third-order valence-corrected chi connectivity index (χ3v) is 3.27. The van der Waals surface area contributed by atoms with E-state index in [1.54, 1.807) is 18.2 Å². The summed E-state index contributed by atoms with van der Waals surface area (Å²) in [5.41, 5.74) is 1.55. The maximum atomic E-state index is 6.09. The predicted molar refractivity (Wildman–Crippen MR) is 79.0 cm³/mol. The van der Waals surface area contributed by atoms with Crippen molar-refractivity contribution in [3.8, 4) is 5.75 Å². The van der Waals surface area contributed by atoms with Gasteiger partial charge in [-0.05, 0) is 24.3 Å². The van der Waals surface area contributed by atoms with Crippen LogP contribution in [0.2, 0.25) is 10.0 Å². The lowest BCUT2D eigenvalue weighted by molar-refractivity contribution is 0.306. The molecule has 2 aromatic carbocycles. The maximum absolute atomic E-state index is 6.09.